The van der Waals surface area contributed by atoms with Gasteiger partial charge in [0.25, 0.3) is 0 Å². The number of nitrogens with one attached hydrogen (secondary N) is 1. The monoisotopic (exact) mass is 252 g/mol. The van der Waals surface area contributed by atoms with E-state index in [1.165, 1.54) is 0 Å². The number of carbonyl (C=O) groups is 1. The van der Waals surface area contributed by atoms with Gasteiger partial charge in [-0.2, -0.15) is 0 Å². The summed E-state index contributed by atoms with van der Waals surface area (Å²) in [5, 5.41) is 2.73. The van der Waals surface area contributed by atoms with E-state index in [2.05, 4.69) is 5.32 Å². The number of hydrogen-bond acceptors (Lipinski definition) is 3. The Balaban J connectivity index is 2.73. The third-order valence-electron chi connectivity index (χ3n) is 2.29. The summed E-state index contributed by atoms with van der Waals surface area (Å²) in [6.07, 6.45) is 0. The molecule has 0 aliphatic heterocycles. The van der Waals surface area contributed by atoms with Gasteiger partial charge in [0.15, 0.2) is 0 Å². The second-order valence-corrected chi connectivity index (χ2v) is 4.00. The topological polar surface area (TPSA) is 64.3 Å². The zero-order chi connectivity index (χ0) is 12.7. The Hall–Kier alpha value is -1.46. The van der Waals surface area contributed by atoms with Gasteiger partial charge in [0.05, 0.1) is 11.6 Å². The maximum Gasteiger partial charge on any atom is 0.234 e. The Kier molecular flexibility index (Phi) is 5.59. The lowest BCUT2D eigenvalue weighted by Crippen LogP contribution is -2.37. The fraction of sp³-hybridized carbons (Fsp3) is 0.333. The molecule has 0 spiro atoms. The molecule has 0 aromatic heterocycles. The molecule has 1 unspecified atom stereocenters. The summed E-state index contributed by atoms with van der Waals surface area (Å²) >= 11 is 4.94. The number of carbonyl (C=O) groups excluding carboxylic acids is 1. The van der Waals surface area contributed by atoms with E-state index >= 15 is 0 Å². The van der Waals surface area contributed by atoms with Crippen LogP contribution in [0.3, 0.4) is 0 Å². The first-order chi connectivity index (χ1) is 8.16. The van der Waals surface area contributed by atoms with Gasteiger partial charge in [0, 0.05) is 13.7 Å². The first kappa shape index (κ1) is 13.6. The van der Waals surface area contributed by atoms with Gasteiger partial charge in [-0.15, -0.1) is 0 Å². The molecule has 0 saturated heterocycles. The molecule has 0 fully saturated rings. The number of ether oxygens (including phenoxy) is 1. The molecule has 0 radical (unpaired) electrons. The van der Waals surface area contributed by atoms with Crippen LogP contribution in [0.25, 0.3) is 0 Å². The fourth-order valence-electron chi connectivity index (χ4n) is 1.47. The summed E-state index contributed by atoms with van der Waals surface area (Å²) < 4.78 is 4.86. The molecule has 5 heteroatoms. The number of rotatable bonds is 6. The molecule has 0 aliphatic rings. The predicted molar refractivity (Wildman–Crippen MR) is 70.9 cm³/mol. The molecule has 4 nitrogen and oxygen atoms in total. The van der Waals surface area contributed by atoms with Crippen LogP contribution in [-0.4, -0.2) is 31.2 Å². The van der Waals surface area contributed by atoms with Crippen LogP contribution in [0, 0.1) is 0 Å². The normalized spacial score (nSPS) is 11.8. The van der Waals surface area contributed by atoms with E-state index in [1.807, 2.05) is 30.3 Å². The third kappa shape index (κ3) is 4.13. The number of thiocarbonyl (C=S) groups is 1. The van der Waals surface area contributed by atoms with Crippen molar-refractivity contribution in [2.75, 3.05) is 20.3 Å². The first-order valence-corrected chi connectivity index (χ1v) is 5.68. The summed E-state index contributed by atoms with van der Waals surface area (Å²) in [7, 11) is 1.58. The van der Waals surface area contributed by atoms with E-state index in [9.17, 15) is 4.79 Å². The van der Waals surface area contributed by atoms with Crippen LogP contribution < -0.4 is 11.1 Å². The minimum Gasteiger partial charge on any atom is -0.392 e. The van der Waals surface area contributed by atoms with Crippen molar-refractivity contribution >= 4 is 23.1 Å². The molecule has 1 aromatic rings. The Bertz CT molecular complexity index is 381. The quantitative estimate of drug-likeness (QED) is 0.581. The highest BCUT2D eigenvalue weighted by atomic mass is 32.1. The molecule has 1 amide bonds. The minimum absolute atomic E-state index is 0.172. The van der Waals surface area contributed by atoms with Gasteiger partial charge >= 0.3 is 0 Å². The number of nitrogens with two attached hydrogens (primary N) is 1. The molecule has 0 aliphatic carbocycles. The van der Waals surface area contributed by atoms with E-state index in [1.54, 1.807) is 7.11 Å². The van der Waals surface area contributed by atoms with Gasteiger partial charge in [0.2, 0.25) is 5.91 Å². The lowest BCUT2D eigenvalue weighted by Gasteiger charge is -2.15. The number of amides is 1. The summed E-state index contributed by atoms with van der Waals surface area (Å²) in [6, 6.07) is 9.24. The largest absolute Gasteiger partial charge is 0.392 e. The highest BCUT2D eigenvalue weighted by molar-refractivity contribution is 7.80. The molecule has 92 valence electrons. The van der Waals surface area contributed by atoms with Gasteiger partial charge < -0.3 is 15.8 Å². The van der Waals surface area contributed by atoms with Crippen molar-refractivity contribution in [2.24, 2.45) is 5.73 Å². The van der Waals surface area contributed by atoms with Crippen molar-refractivity contribution in [1.29, 1.82) is 0 Å². The second-order valence-electron chi connectivity index (χ2n) is 3.53. The molecule has 1 atom stereocenters. The molecule has 0 heterocycles. The zero-order valence-corrected chi connectivity index (χ0v) is 10.5. The van der Waals surface area contributed by atoms with E-state index in [-0.39, 0.29) is 10.9 Å². The Morgan fingerprint density at radius 1 is 1.47 bits per heavy atom. The molecule has 0 saturated carbocycles. The lowest BCUT2D eigenvalue weighted by molar-refractivity contribution is -0.121. The minimum atomic E-state index is -0.581. The summed E-state index contributed by atoms with van der Waals surface area (Å²) in [5.74, 6) is -0.774. The number of hydrogen-bond donors (Lipinski definition) is 2. The Morgan fingerprint density at radius 2 is 2.12 bits per heavy atom. The van der Waals surface area contributed by atoms with E-state index in [0.717, 1.165) is 5.56 Å². The van der Waals surface area contributed by atoms with Crippen molar-refractivity contribution in [3.05, 3.63) is 35.9 Å². The third-order valence-corrected chi connectivity index (χ3v) is 2.52. The van der Waals surface area contributed by atoms with Crippen molar-refractivity contribution in [1.82, 2.24) is 5.32 Å². The van der Waals surface area contributed by atoms with E-state index < -0.39 is 5.92 Å². The predicted octanol–water partition coefficient (Wildman–Crippen LogP) is 0.819. The van der Waals surface area contributed by atoms with Gasteiger partial charge in [0.1, 0.15) is 5.92 Å². The molecular formula is C12H16N2O2S. The first-order valence-electron chi connectivity index (χ1n) is 5.27. The van der Waals surface area contributed by atoms with Crippen molar-refractivity contribution < 1.29 is 9.53 Å². The van der Waals surface area contributed by atoms with Gasteiger partial charge in [-0.1, -0.05) is 42.5 Å². The smallest absolute Gasteiger partial charge is 0.234 e. The van der Waals surface area contributed by atoms with Crippen LogP contribution in [0.4, 0.5) is 0 Å². The summed E-state index contributed by atoms with van der Waals surface area (Å²) in [5.41, 5.74) is 6.41. The summed E-state index contributed by atoms with van der Waals surface area (Å²) in [4.78, 5) is 12.1. The Labute approximate surface area is 106 Å². The van der Waals surface area contributed by atoms with E-state index in [0.29, 0.717) is 13.2 Å². The lowest BCUT2D eigenvalue weighted by atomic mass is 9.98. The van der Waals surface area contributed by atoms with Gasteiger partial charge in [-0.3, -0.25) is 4.79 Å². The van der Waals surface area contributed by atoms with E-state index in [4.69, 9.17) is 22.7 Å². The molecule has 1 rings (SSSR count). The van der Waals surface area contributed by atoms with Crippen LogP contribution in [0.1, 0.15) is 11.5 Å². The van der Waals surface area contributed by atoms with Crippen molar-refractivity contribution in [3.63, 3.8) is 0 Å². The highest BCUT2D eigenvalue weighted by Gasteiger charge is 2.22. The highest BCUT2D eigenvalue weighted by Crippen LogP contribution is 2.15. The molecule has 1 aromatic carbocycles. The number of methoxy groups -OCH3 is 1. The number of benzene rings is 1. The van der Waals surface area contributed by atoms with Crippen molar-refractivity contribution in [3.8, 4) is 0 Å². The van der Waals surface area contributed by atoms with Crippen LogP contribution in [0.15, 0.2) is 30.3 Å². The zero-order valence-electron chi connectivity index (χ0n) is 9.68. The van der Waals surface area contributed by atoms with Crippen molar-refractivity contribution in [2.45, 2.75) is 5.92 Å². The Morgan fingerprint density at radius 3 is 2.65 bits per heavy atom. The van der Waals surface area contributed by atoms with Crippen LogP contribution in [0.2, 0.25) is 0 Å². The van der Waals surface area contributed by atoms with Gasteiger partial charge in [-0.05, 0) is 5.56 Å². The SMILES string of the molecule is COCCNC(=O)C(C(N)=S)c1ccccc1. The van der Waals surface area contributed by atoms with Crippen LogP contribution in [-0.2, 0) is 9.53 Å². The molecule has 17 heavy (non-hydrogen) atoms. The second kappa shape index (κ2) is 6.98. The van der Waals surface area contributed by atoms with Crippen LogP contribution in [0.5, 0.6) is 0 Å². The molecule has 3 N–H and O–H groups in total. The average molecular weight is 252 g/mol. The summed E-state index contributed by atoms with van der Waals surface area (Å²) in [6.45, 7) is 0.909. The maximum atomic E-state index is 11.9. The fourth-order valence-corrected chi connectivity index (χ4v) is 1.71. The van der Waals surface area contributed by atoms with Crippen LogP contribution >= 0.6 is 12.2 Å². The standard InChI is InChI=1S/C12H16N2O2S/c1-16-8-7-14-12(15)10(11(13)17)9-5-3-2-4-6-9/h2-6,10H,7-8H2,1H3,(H2,13,17)(H,14,15). The van der Waals surface area contributed by atoms with Gasteiger partial charge in [-0.25, -0.2) is 0 Å². The maximum absolute atomic E-state index is 11.9. The molecular weight excluding hydrogens is 236 g/mol. The molecule has 0 bridgehead atoms. The average Bonchev–Trinajstić information content (AvgIpc) is 2.30.